The molecule has 0 aromatic carbocycles. The third-order valence-corrected chi connectivity index (χ3v) is 5.11. The standard InChI is InChI=1S/C12H12F2N2O3S/c13-12(14)5-7-8(6-12)10(7)11(17)16-20(18,19)9-3-1-2-4-15-9/h1-4,7-8,10H,5-6H2,(H,16,17)/t7-,8+,10?. The molecule has 108 valence electrons. The van der Waals surface area contributed by atoms with E-state index in [1.165, 1.54) is 18.3 Å². The maximum absolute atomic E-state index is 13.0. The van der Waals surface area contributed by atoms with E-state index in [2.05, 4.69) is 4.98 Å². The van der Waals surface area contributed by atoms with Crippen LogP contribution in [0.2, 0.25) is 0 Å². The molecule has 1 aromatic rings. The maximum atomic E-state index is 13.0. The summed E-state index contributed by atoms with van der Waals surface area (Å²) in [5, 5.41) is -0.260. The minimum Gasteiger partial charge on any atom is -0.274 e. The first kappa shape index (κ1) is 13.4. The summed E-state index contributed by atoms with van der Waals surface area (Å²) >= 11 is 0. The largest absolute Gasteiger partial charge is 0.281 e. The number of hydrogen-bond donors (Lipinski definition) is 1. The van der Waals surface area contributed by atoms with Crippen LogP contribution >= 0.6 is 0 Å². The van der Waals surface area contributed by atoms with Crippen molar-refractivity contribution in [1.29, 1.82) is 0 Å². The number of carbonyl (C=O) groups is 1. The fourth-order valence-electron chi connectivity index (χ4n) is 2.92. The Labute approximate surface area is 114 Å². The Morgan fingerprint density at radius 2 is 1.95 bits per heavy atom. The molecule has 1 heterocycles. The van der Waals surface area contributed by atoms with E-state index in [-0.39, 0.29) is 17.9 Å². The van der Waals surface area contributed by atoms with Crippen LogP contribution in [-0.2, 0) is 14.8 Å². The Balaban J connectivity index is 1.67. The molecule has 2 fully saturated rings. The molecule has 0 spiro atoms. The molecule has 1 N–H and O–H groups in total. The van der Waals surface area contributed by atoms with Gasteiger partial charge in [-0.25, -0.2) is 18.5 Å². The highest BCUT2D eigenvalue weighted by atomic mass is 32.2. The van der Waals surface area contributed by atoms with Crippen LogP contribution in [0, 0.1) is 17.8 Å². The zero-order valence-corrected chi connectivity index (χ0v) is 11.1. The van der Waals surface area contributed by atoms with E-state index in [1.54, 1.807) is 6.07 Å². The second kappa shape index (κ2) is 4.21. The maximum Gasteiger partial charge on any atom is 0.281 e. The molecule has 3 rings (SSSR count). The van der Waals surface area contributed by atoms with Crippen LogP contribution in [-0.4, -0.2) is 25.2 Å². The van der Waals surface area contributed by atoms with Crippen molar-refractivity contribution >= 4 is 15.9 Å². The van der Waals surface area contributed by atoms with Crippen LogP contribution in [0.5, 0.6) is 0 Å². The van der Waals surface area contributed by atoms with Crippen LogP contribution in [0.1, 0.15) is 12.8 Å². The van der Waals surface area contributed by atoms with Crippen LogP contribution < -0.4 is 4.72 Å². The lowest BCUT2D eigenvalue weighted by molar-refractivity contribution is -0.122. The van der Waals surface area contributed by atoms with Gasteiger partial charge in [0.05, 0.1) is 0 Å². The number of fused-ring (bicyclic) bond motifs is 1. The molecule has 2 saturated carbocycles. The summed E-state index contributed by atoms with van der Waals surface area (Å²) in [7, 11) is -4.02. The smallest absolute Gasteiger partial charge is 0.274 e. The van der Waals surface area contributed by atoms with Gasteiger partial charge in [0.25, 0.3) is 10.0 Å². The molecule has 3 atom stereocenters. The lowest BCUT2D eigenvalue weighted by Crippen LogP contribution is -2.34. The zero-order chi connectivity index (χ0) is 14.5. The monoisotopic (exact) mass is 302 g/mol. The minimum absolute atomic E-state index is 0.260. The normalized spacial score (nSPS) is 30.6. The van der Waals surface area contributed by atoms with Crippen LogP contribution in [0.3, 0.4) is 0 Å². The summed E-state index contributed by atoms with van der Waals surface area (Å²) in [5.41, 5.74) is 0. The van der Waals surface area contributed by atoms with E-state index >= 15 is 0 Å². The summed E-state index contributed by atoms with van der Waals surface area (Å²) in [5.74, 6) is -4.84. The number of halogens is 2. The molecule has 0 radical (unpaired) electrons. The number of rotatable bonds is 3. The van der Waals surface area contributed by atoms with Gasteiger partial charge in [-0.15, -0.1) is 0 Å². The quantitative estimate of drug-likeness (QED) is 0.909. The zero-order valence-electron chi connectivity index (χ0n) is 10.3. The SMILES string of the molecule is O=C(NS(=O)(=O)c1ccccn1)C1[C@H]2CC(F)(F)C[C@@H]12. The fourth-order valence-corrected chi connectivity index (χ4v) is 3.89. The van der Waals surface area contributed by atoms with Gasteiger partial charge in [-0.05, 0) is 24.0 Å². The number of aromatic nitrogens is 1. The third kappa shape index (κ3) is 2.28. The van der Waals surface area contributed by atoms with Crippen molar-refractivity contribution in [3.8, 4) is 0 Å². The van der Waals surface area contributed by atoms with E-state index in [1.807, 2.05) is 4.72 Å². The number of amides is 1. The molecular weight excluding hydrogens is 290 g/mol. The molecule has 2 aliphatic rings. The predicted octanol–water partition coefficient (Wildman–Crippen LogP) is 1.18. The summed E-state index contributed by atoms with van der Waals surface area (Å²) in [6, 6.07) is 4.30. The molecule has 8 heteroatoms. The highest BCUT2D eigenvalue weighted by Crippen LogP contribution is 2.62. The van der Waals surface area contributed by atoms with E-state index in [0.717, 1.165) is 0 Å². The van der Waals surface area contributed by atoms with Crippen molar-refractivity contribution in [3.05, 3.63) is 24.4 Å². The van der Waals surface area contributed by atoms with E-state index in [9.17, 15) is 22.0 Å². The average molecular weight is 302 g/mol. The molecule has 1 unspecified atom stereocenters. The predicted molar refractivity (Wildman–Crippen MR) is 64.2 cm³/mol. The van der Waals surface area contributed by atoms with E-state index in [4.69, 9.17) is 0 Å². The number of sulfonamides is 1. The average Bonchev–Trinajstić information content (AvgIpc) is 2.89. The Kier molecular flexibility index (Phi) is 2.82. The molecule has 0 bridgehead atoms. The summed E-state index contributed by atoms with van der Waals surface area (Å²) < 4.78 is 51.7. The Morgan fingerprint density at radius 3 is 2.50 bits per heavy atom. The van der Waals surface area contributed by atoms with Gasteiger partial charge in [-0.1, -0.05) is 6.07 Å². The van der Waals surface area contributed by atoms with Gasteiger partial charge in [0.1, 0.15) is 0 Å². The highest BCUT2D eigenvalue weighted by Gasteiger charge is 2.65. The van der Waals surface area contributed by atoms with Gasteiger partial charge in [-0.2, -0.15) is 8.42 Å². The number of pyridine rings is 1. The Hall–Kier alpha value is -1.57. The van der Waals surface area contributed by atoms with Crippen LogP contribution in [0.25, 0.3) is 0 Å². The molecule has 5 nitrogen and oxygen atoms in total. The van der Waals surface area contributed by atoms with Crippen molar-refractivity contribution in [2.45, 2.75) is 23.8 Å². The van der Waals surface area contributed by atoms with Gasteiger partial charge >= 0.3 is 0 Å². The van der Waals surface area contributed by atoms with Crippen molar-refractivity contribution in [1.82, 2.24) is 9.71 Å². The molecule has 1 amide bonds. The first-order valence-electron chi connectivity index (χ1n) is 6.16. The topological polar surface area (TPSA) is 76.1 Å². The molecule has 2 aliphatic carbocycles. The van der Waals surface area contributed by atoms with Crippen molar-refractivity contribution in [2.75, 3.05) is 0 Å². The van der Waals surface area contributed by atoms with Gasteiger partial charge in [0, 0.05) is 25.0 Å². The third-order valence-electron chi connectivity index (χ3n) is 3.85. The second-order valence-electron chi connectivity index (χ2n) is 5.26. The van der Waals surface area contributed by atoms with E-state index in [0.29, 0.717) is 0 Å². The van der Waals surface area contributed by atoms with E-state index < -0.39 is 39.6 Å². The molecule has 0 aliphatic heterocycles. The number of carbonyl (C=O) groups excluding carboxylic acids is 1. The highest BCUT2D eigenvalue weighted by molar-refractivity contribution is 7.90. The van der Waals surface area contributed by atoms with Gasteiger partial charge in [-0.3, -0.25) is 4.79 Å². The molecular formula is C12H12F2N2O3S. The first-order chi connectivity index (χ1) is 9.30. The van der Waals surface area contributed by atoms with Crippen LogP contribution in [0.15, 0.2) is 29.4 Å². The van der Waals surface area contributed by atoms with Crippen LogP contribution in [0.4, 0.5) is 8.78 Å². The molecule has 1 aromatic heterocycles. The second-order valence-corrected chi connectivity index (χ2v) is 6.88. The lowest BCUT2D eigenvalue weighted by atomic mass is 10.1. The first-order valence-corrected chi connectivity index (χ1v) is 7.64. The summed E-state index contributed by atoms with van der Waals surface area (Å²) in [6.07, 6.45) is 0.629. The minimum atomic E-state index is -4.02. The van der Waals surface area contributed by atoms with Gasteiger partial charge in [0.15, 0.2) is 5.03 Å². The van der Waals surface area contributed by atoms with Crippen molar-refractivity contribution in [3.63, 3.8) is 0 Å². The Bertz CT molecular complexity index is 634. The lowest BCUT2D eigenvalue weighted by Gasteiger charge is -2.13. The molecule has 0 saturated heterocycles. The summed E-state index contributed by atoms with van der Waals surface area (Å²) in [6.45, 7) is 0. The van der Waals surface area contributed by atoms with Gasteiger partial charge in [0.2, 0.25) is 11.8 Å². The van der Waals surface area contributed by atoms with Crippen molar-refractivity contribution < 1.29 is 22.0 Å². The molecule has 20 heavy (non-hydrogen) atoms. The van der Waals surface area contributed by atoms with Gasteiger partial charge < -0.3 is 0 Å². The Morgan fingerprint density at radius 1 is 1.30 bits per heavy atom. The number of alkyl halides is 2. The number of nitrogens with zero attached hydrogens (tertiary/aromatic N) is 1. The number of hydrogen-bond acceptors (Lipinski definition) is 4. The number of nitrogens with one attached hydrogen (secondary N) is 1. The fraction of sp³-hybridized carbons (Fsp3) is 0.500. The van der Waals surface area contributed by atoms with Crippen molar-refractivity contribution in [2.24, 2.45) is 17.8 Å². The summed E-state index contributed by atoms with van der Waals surface area (Å²) in [4.78, 5) is 15.5.